The summed E-state index contributed by atoms with van der Waals surface area (Å²) >= 11 is 0. The van der Waals surface area contributed by atoms with Crippen LogP contribution in [0.15, 0.2) is 24.3 Å². The van der Waals surface area contributed by atoms with Gasteiger partial charge in [-0.3, -0.25) is 28.9 Å². The molecule has 2 aromatic carbocycles. The number of amides is 3. The van der Waals surface area contributed by atoms with Gasteiger partial charge in [0.1, 0.15) is 11.5 Å². The molecule has 3 amide bonds. The van der Waals surface area contributed by atoms with Crippen LogP contribution in [0.25, 0.3) is 11.1 Å². The third-order valence-corrected chi connectivity index (χ3v) is 9.96. The van der Waals surface area contributed by atoms with Crippen LogP contribution in [0.5, 0.6) is 11.5 Å². The quantitative estimate of drug-likeness (QED) is 0.214. The predicted molar refractivity (Wildman–Crippen MR) is 181 cm³/mol. The van der Waals surface area contributed by atoms with Gasteiger partial charge in [0.05, 0.1) is 24.1 Å². The average molecular weight is 692 g/mol. The number of phenols is 1. The van der Waals surface area contributed by atoms with Crippen LogP contribution in [0.3, 0.4) is 0 Å². The summed E-state index contributed by atoms with van der Waals surface area (Å²) in [6, 6.07) is 5.42. The first-order valence-corrected chi connectivity index (χ1v) is 16.6. The van der Waals surface area contributed by atoms with Gasteiger partial charge in [-0.1, -0.05) is 6.07 Å². The number of hydrogen-bond donors (Lipinski definition) is 6. The van der Waals surface area contributed by atoms with Crippen LogP contribution in [-0.2, 0) is 38.7 Å². The van der Waals surface area contributed by atoms with E-state index >= 15 is 0 Å². The Balaban J connectivity index is 1.62. The zero-order valence-electron chi connectivity index (χ0n) is 29.1. The van der Waals surface area contributed by atoms with Crippen LogP contribution in [0.4, 0.5) is 4.79 Å². The number of benzene rings is 2. The second-order valence-electron chi connectivity index (χ2n) is 14.6. The van der Waals surface area contributed by atoms with E-state index in [0.29, 0.717) is 34.6 Å². The second-order valence-corrected chi connectivity index (χ2v) is 14.6. The van der Waals surface area contributed by atoms with Crippen molar-refractivity contribution in [1.82, 2.24) is 15.5 Å². The van der Waals surface area contributed by atoms with E-state index in [0.717, 1.165) is 0 Å². The number of urea groups is 1. The van der Waals surface area contributed by atoms with E-state index in [2.05, 4.69) is 10.6 Å². The van der Waals surface area contributed by atoms with E-state index in [9.17, 15) is 39.0 Å². The van der Waals surface area contributed by atoms with Crippen LogP contribution in [0.2, 0.25) is 0 Å². The van der Waals surface area contributed by atoms with Crippen LogP contribution < -0.4 is 26.8 Å². The Bertz CT molecular complexity index is 1800. The lowest BCUT2D eigenvalue weighted by Gasteiger charge is -2.52. The largest absolute Gasteiger partial charge is 0.507 e. The van der Waals surface area contributed by atoms with Gasteiger partial charge in [-0.25, -0.2) is 4.79 Å². The molecule has 2 saturated carbocycles. The van der Waals surface area contributed by atoms with Crippen LogP contribution >= 0.6 is 0 Å². The Morgan fingerprint density at radius 3 is 2.34 bits per heavy atom. The molecule has 50 heavy (non-hydrogen) atoms. The maximum absolute atomic E-state index is 14.4. The molecule has 14 nitrogen and oxygen atoms in total. The van der Waals surface area contributed by atoms with Gasteiger partial charge in [0, 0.05) is 35.7 Å². The number of ether oxygens (including phenoxy) is 1. The van der Waals surface area contributed by atoms with E-state index in [4.69, 9.17) is 16.2 Å². The molecule has 2 fully saturated rings. The lowest BCUT2D eigenvalue weighted by Crippen LogP contribution is -2.74. The number of primary amides is 1. The Labute approximate surface area is 289 Å². The SMILES string of the molecule is CCOc1ccc(-c2cc(CN)c(O)c3c2C[C@H]2C[C@H]4C(N(C)C)C(=O)C(C(N)=O)C(=O)[C@@]4(O)C(=O)C2C3=O)cc1CNC(=O)NC(C)(C)C. The number of nitrogens with zero attached hydrogens (tertiary/aromatic N) is 1. The summed E-state index contributed by atoms with van der Waals surface area (Å²) < 4.78 is 5.83. The Morgan fingerprint density at radius 1 is 1.08 bits per heavy atom. The molecular weight excluding hydrogens is 646 g/mol. The molecule has 0 spiro atoms. The zero-order chi connectivity index (χ0) is 37.0. The monoisotopic (exact) mass is 691 g/mol. The van der Waals surface area contributed by atoms with E-state index in [1.165, 1.54) is 19.0 Å². The first-order chi connectivity index (χ1) is 23.4. The Hall–Kier alpha value is -4.66. The van der Waals surface area contributed by atoms with Gasteiger partial charge in [-0.2, -0.15) is 0 Å². The molecule has 3 unspecified atom stereocenters. The van der Waals surface area contributed by atoms with Gasteiger partial charge in [0.25, 0.3) is 0 Å². The van der Waals surface area contributed by atoms with Gasteiger partial charge in [0.2, 0.25) is 5.91 Å². The van der Waals surface area contributed by atoms with Crippen LogP contribution in [-0.4, -0.2) is 88.1 Å². The van der Waals surface area contributed by atoms with Crippen molar-refractivity contribution in [2.24, 2.45) is 35.1 Å². The molecule has 0 bridgehead atoms. The summed E-state index contributed by atoms with van der Waals surface area (Å²) in [6.45, 7) is 7.72. The molecule has 8 N–H and O–H groups in total. The smallest absolute Gasteiger partial charge is 0.315 e. The number of aliphatic hydroxyl groups is 1. The number of carbonyl (C=O) groups excluding carboxylic acids is 6. The van der Waals surface area contributed by atoms with Gasteiger partial charge in [-0.15, -0.1) is 0 Å². The van der Waals surface area contributed by atoms with Gasteiger partial charge < -0.3 is 37.1 Å². The fourth-order valence-corrected chi connectivity index (χ4v) is 7.88. The molecule has 14 heteroatoms. The fraction of sp³-hybridized carbons (Fsp3) is 0.500. The minimum Gasteiger partial charge on any atom is -0.507 e. The summed E-state index contributed by atoms with van der Waals surface area (Å²) in [4.78, 5) is 81.9. The van der Waals surface area contributed by atoms with Crippen LogP contribution in [0, 0.1) is 23.7 Å². The zero-order valence-corrected chi connectivity index (χ0v) is 29.1. The van der Waals surface area contributed by atoms with Crippen molar-refractivity contribution in [3.63, 3.8) is 0 Å². The number of aromatic hydroxyl groups is 1. The number of nitrogens with two attached hydrogens (primary N) is 2. The first kappa shape index (κ1) is 36.6. The standard InChI is InChI=1S/C36H45N5O9/c1-7-50-23-9-8-16(10-19(23)15-39-34(48)40-35(2,3)4)20-12-18(14-37)28(42)25-21(20)11-17-13-22-27(41(5)6)30(44)26(33(38)47)32(46)36(22,49)31(45)24(17)29(25)43/h8-10,12,17,22,24,26-27,42,49H,7,11,13-15,37H2,1-6H3,(H2,38,47)(H2,39,40,48)/t17-,22-,24?,26?,27?,36-/m0/s1. The lowest BCUT2D eigenvalue weighted by molar-refractivity contribution is -0.181. The maximum Gasteiger partial charge on any atom is 0.315 e. The van der Waals surface area contributed by atoms with Crippen molar-refractivity contribution in [2.45, 2.75) is 70.8 Å². The van der Waals surface area contributed by atoms with Crippen molar-refractivity contribution in [3.8, 4) is 22.6 Å². The number of hydrogen-bond acceptors (Lipinski definition) is 11. The molecule has 0 heterocycles. The second kappa shape index (κ2) is 13.2. The number of phenolic OH excluding ortho intramolecular Hbond substituents is 1. The number of rotatable bonds is 8. The van der Waals surface area contributed by atoms with Crippen molar-refractivity contribution in [2.75, 3.05) is 20.7 Å². The van der Waals surface area contributed by atoms with E-state index in [-0.39, 0.29) is 43.1 Å². The Morgan fingerprint density at radius 2 is 1.76 bits per heavy atom. The van der Waals surface area contributed by atoms with Crippen molar-refractivity contribution >= 4 is 35.1 Å². The van der Waals surface area contributed by atoms with Gasteiger partial charge in [-0.05, 0) is 95.4 Å². The normalized spacial score (nSPS) is 26.2. The molecule has 6 atom stereocenters. The number of likely N-dealkylation sites (N-methyl/N-ethyl adjacent to an activating group) is 1. The number of nitrogens with one attached hydrogen (secondary N) is 2. The molecule has 3 aliphatic carbocycles. The van der Waals surface area contributed by atoms with Crippen molar-refractivity contribution < 1.29 is 43.7 Å². The molecule has 0 aliphatic heterocycles. The summed E-state index contributed by atoms with van der Waals surface area (Å²) in [5.41, 5.74) is 10.5. The number of carbonyl (C=O) groups is 6. The molecule has 0 saturated heterocycles. The summed E-state index contributed by atoms with van der Waals surface area (Å²) in [6.07, 6.45) is -0.00155. The van der Waals surface area contributed by atoms with E-state index < -0.39 is 75.6 Å². The van der Waals surface area contributed by atoms with E-state index in [1.807, 2.05) is 27.7 Å². The molecular formula is C36H45N5O9. The Kier molecular flexibility index (Phi) is 9.69. The maximum atomic E-state index is 14.4. The third-order valence-electron chi connectivity index (χ3n) is 9.96. The minimum atomic E-state index is -2.82. The predicted octanol–water partition coefficient (Wildman–Crippen LogP) is 0.989. The highest BCUT2D eigenvalue weighted by molar-refractivity contribution is 6.32. The molecule has 5 rings (SSSR count). The molecule has 268 valence electrons. The van der Waals surface area contributed by atoms with Crippen molar-refractivity contribution in [1.29, 1.82) is 0 Å². The molecule has 3 aliphatic rings. The summed E-state index contributed by atoms with van der Waals surface area (Å²) in [7, 11) is 3.06. The highest BCUT2D eigenvalue weighted by Gasteiger charge is 2.69. The lowest BCUT2D eigenvalue weighted by atomic mass is 9.52. The topological polar surface area (TPSA) is 231 Å². The number of ketones is 4. The highest BCUT2D eigenvalue weighted by atomic mass is 16.5. The average Bonchev–Trinajstić information content (AvgIpc) is 3.01. The number of Topliss-reactive ketones (excluding diaryl/α,β-unsaturated/α-hetero) is 4. The molecule has 2 aromatic rings. The van der Waals surface area contributed by atoms with Gasteiger partial charge >= 0.3 is 6.03 Å². The van der Waals surface area contributed by atoms with Gasteiger partial charge in [0.15, 0.2) is 34.7 Å². The molecule has 0 aromatic heterocycles. The molecule has 0 radical (unpaired) electrons. The fourth-order valence-electron chi connectivity index (χ4n) is 7.88. The number of fused-ring (bicyclic) bond motifs is 3. The van der Waals surface area contributed by atoms with Crippen LogP contribution in [0.1, 0.15) is 61.2 Å². The third kappa shape index (κ3) is 6.05. The first-order valence-electron chi connectivity index (χ1n) is 16.6. The van der Waals surface area contributed by atoms with E-state index in [1.54, 1.807) is 24.3 Å². The minimum absolute atomic E-state index is 0.0777. The summed E-state index contributed by atoms with van der Waals surface area (Å²) in [5.74, 6) is -10.8. The summed E-state index contributed by atoms with van der Waals surface area (Å²) in [5, 5.41) is 28.9. The van der Waals surface area contributed by atoms with Crippen molar-refractivity contribution in [3.05, 3.63) is 46.5 Å². The highest BCUT2D eigenvalue weighted by Crippen LogP contribution is 2.52.